The quantitative estimate of drug-likeness (QED) is 0.729. The molecule has 4 heteroatoms. The lowest BCUT2D eigenvalue weighted by Crippen LogP contribution is -2.41. The minimum absolute atomic E-state index is 0.283. The molecule has 1 aromatic rings. The molecule has 2 aliphatic rings. The molecular formula is C20H28BFO2. The van der Waals surface area contributed by atoms with Crippen LogP contribution in [0.2, 0.25) is 0 Å². The highest BCUT2D eigenvalue weighted by molar-refractivity contribution is 6.54. The van der Waals surface area contributed by atoms with Crippen LogP contribution in [0.15, 0.2) is 41.9 Å². The topological polar surface area (TPSA) is 18.5 Å². The summed E-state index contributed by atoms with van der Waals surface area (Å²) in [4.78, 5) is 0. The van der Waals surface area contributed by atoms with Crippen LogP contribution in [0.1, 0.15) is 52.5 Å². The van der Waals surface area contributed by atoms with Gasteiger partial charge in [-0.1, -0.05) is 36.4 Å². The van der Waals surface area contributed by atoms with Gasteiger partial charge in [-0.15, -0.1) is 0 Å². The second-order valence-corrected chi connectivity index (χ2v) is 8.37. The SMILES string of the molecule is CC1(C)OB(C2=CCC(CF)(Cc3ccccc3)CC2)OC1(C)C. The van der Waals surface area contributed by atoms with Crippen LogP contribution in [0.4, 0.5) is 4.39 Å². The lowest BCUT2D eigenvalue weighted by Gasteiger charge is -2.34. The summed E-state index contributed by atoms with van der Waals surface area (Å²) in [6, 6.07) is 10.2. The predicted molar refractivity (Wildman–Crippen MR) is 96.6 cm³/mol. The molecule has 1 unspecified atom stereocenters. The average Bonchev–Trinajstić information content (AvgIpc) is 2.77. The molecule has 1 aromatic carbocycles. The van der Waals surface area contributed by atoms with Crippen molar-refractivity contribution in [1.82, 2.24) is 0 Å². The van der Waals surface area contributed by atoms with Crippen LogP contribution in [0.5, 0.6) is 0 Å². The van der Waals surface area contributed by atoms with E-state index in [-0.39, 0.29) is 30.4 Å². The molecule has 0 N–H and O–H groups in total. The Balaban J connectivity index is 1.71. The molecule has 3 rings (SSSR count). The second kappa shape index (κ2) is 6.31. The Kier molecular flexibility index (Phi) is 4.65. The lowest BCUT2D eigenvalue weighted by molar-refractivity contribution is 0.00578. The van der Waals surface area contributed by atoms with Crippen molar-refractivity contribution >= 4 is 7.12 Å². The van der Waals surface area contributed by atoms with Crippen molar-refractivity contribution in [2.75, 3.05) is 6.67 Å². The molecule has 1 aliphatic carbocycles. The first-order chi connectivity index (χ1) is 11.3. The van der Waals surface area contributed by atoms with E-state index in [9.17, 15) is 4.39 Å². The number of halogens is 1. The molecule has 1 fully saturated rings. The number of rotatable bonds is 4. The minimum Gasteiger partial charge on any atom is -0.400 e. The van der Waals surface area contributed by atoms with Crippen LogP contribution in [0, 0.1) is 5.41 Å². The maximum atomic E-state index is 13.9. The summed E-state index contributed by atoms with van der Waals surface area (Å²) in [5, 5.41) is 0. The first-order valence-corrected chi connectivity index (χ1v) is 8.91. The summed E-state index contributed by atoms with van der Waals surface area (Å²) in [5.74, 6) is 0. The Hall–Kier alpha value is -1.13. The molecule has 1 saturated heterocycles. The van der Waals surface area contributed by atoms with Crippen molar-refractivity contribution in [3.05, 3.63) is 47.4 Å². The third-order valence-electron chi connectivity index (χ3n) is 6.00. The predicted octanol–water partition coefficient (Wildman–Crippen LogP) is 4.93. The Morgan fingerprint density at radius 1 is 1.04 bits per heavy atom. The molecule has 0 radical (unpaired) electrons. The highest BCUT2D eigenvalue weighted by atomic mass is 19.1. The molecule has 0 aromatic heterocycles. The number of hydrogen-bond acceptors (Lipinski definition) is 2. The van der Waals surface area contributed by atoms with Gasteiger partial charge in [0.25, 0.3) is 0 Å². The van der Waals surface area contributed by atoms with Gasteiger partial charge in [-0.3, -0.25) is 4.39 Å². The number of hydrogen-bond donors (Lipinski definition) is 0. The molecule has 0 bridgehead atoms. The largest absolute Gasteiger partial charge is 0.490 e. The highest BCUT2D eigenvalue weighted by Gasteiger charge is 2.52. The van der Waals surface area contributed by atoms with Gasteiger partial charge in [0.2, 0.25) is 0 Å². The van der Waals surface area contributed by atoms with Crippen molar-refractivity contribution in [3.8, 4) is 0 Å². The van der Waals surface area contributed by atoms with E-state index in [1.807, 2.05) is 18.2 Å². The molecule has 24 heavy (non-hydrogen) atoms. The zero-order valence-electron chi connectivity index (χ0n) is 15.3. The first kappa shape index (κ1) is 17.7. The fourth-order valence-electron chi connectivity index (χ4n) is 3.53. The van der Waals surface area contributed by atoms with Gasteiger partial charge in [0.05, 0.1) is 17.9 Å². The van der Waals surface area contributed by atoms with Crippen LogP contribution in [0.3, 0.4) is 0 Å². The van der Waals surface area contributed by atoms with E-state index in [0.29, 0.717) is 0 Å². The van der Waals surface area contributed by atoms with E-state index in [2.05, 4.69) is 45.9 Å². The van der Waals surface area contributed by atoms with E-state index in [1.54, 1.807) is 0 Å². The molecule has 1 heterocycles. The minimum atomic E-state index is -0.322. The maximum absolute atomic E-state index is 13.9. The lowest BCUT2D eigenvalue weighted by atomic mass is 9.64. The summed E-state index contributed by atoms with van der Waals surface area (Å²) in [6.45, 7) is 7.99. The number of benzene rings is 1. The van der Waals surface area contributed by atoms with Gasteiger partial charge in [0.15, 0.2) is 0 Å². The fourth-order valence-corrected chi connectivity index (χ4v) is 3.53. The van der Waals surface area contributed by atoms with Crippen molar-refractivity contribution in [2.24, 2.45) is 5.41 Å². The Morgan fingerprint density at radius 3 is 2.17 bits per heavy atom. The van der Waals surface area contributed by atoms with Crippen LogP contribution in [-0.4, -0.2) is 25.0 Å². The highest BCUT2D eigenvalue weighted by Crippen LogP contribution is 2.44. The van der Waals surface area contributed by atoms with Crippen molar-refractivity contribution < 1.29 is 13.7 Å². The molecule has 2 nitrogen and oxygen atoms in total. The van der Waals surface area contributed by atoms with E-state index in [1.165, 1.54) is 11.0 Å². The van der Waals surface area contributed by atoms with E-state index in [4.69, 9.17) is 9.31 Å². The van der Waals surface area contributed by atoms with Crippen LogP contribution < -0.4 is 0 Å². The molecule has 1 aliphatic heterocycles. The van der Waals surface area contributed by atoms with Crippen molar-refractivity contribution in [2.45, 2.75) is 64.6 Å². The van der Waals surface area contributed by atoms with Crippen molar-refractivity contribution in [3.63, 3.8) is 0 Å². The van der Waals surface area contributed by atoms with Gasteiger partial charge < -0.3 is 9.31 Å². The third kappa shape index (κ3) is 3.31. The summed E-state index contributed by atoms with van der Waals surface area (Å²) < 4.78 is 26.2. The Bertz CT molecular complexity index is 595. The zero-order valence-corrected chi connectivity index (χ0v) is 15.3. The van der Waals surface area contributed by atoms with E-state index in [0.717, 1.165) is 25.7 Å². The van der Waals surface area contributed by atoms with Crippen LogP contribution in [0.25, 0.3) is 0 Å². The maximum Gasteiger partial charge on any atom is 0.490 e. The molecule has 0 spiro atoms. The molecular weight excluding hydrogens is 302 g/mol. The molecule has 0 saturated carbocycles. The van der Waals surface area contributed by atoms with Gasteiger partial charge in [0, 0.05) is 5.41 Å². The summed E-state index contributed by atoms with van der Waals surface area (Å²) in [6.07, 6.45) is 5.38. The normalized spacial score (nSPS) is 28.7. The first-order valence-electron chi connectivity index (χ1n) is 8.91. The third-order valence-corrected chi connectivity index (χ3v) is 6.00. The summed E-state index contributed by atoms with van der Waals surface area (Å²) >= 11 is 0. The zero-order chi connectivity index (χ0) is 17.4. The second-order valence-electron chi connectivity index (χ2n) is 8.37. The summed E-state index contributed by atoms with van der Waals surface area (Å²) in [7, 11) is -0.288. The Labute approximate surface area is 145 Å². The molecule has 0 amide bonds. The fraction of sp³-hybridized carbons (Fsp3) is 0.600. The molecule has 1 atom stereocenters. The standard InChI is InChI=1S/C20H28BFO2/c1-18(2)19(3,4)24-21(23-18)17-10-12-20(15-22,13-11-17)14-16-8-6-5-7-9-16/h5-10H,11-15H2,1-4H3. The Morgan fingerprint density at radius 2 is 1.67 bits per heavy atom. The summed E-state index contributed by atoms with van der Waals surface area (Å²) in [5.41, 5.74) is 1.46. The van der Waals surface area contributed by atoms with Gasteiger partial charge in [0.1, 0.15) is 0 Å². The van der Waals surface area contributed by atoms with Crippen molar-refractivity contribution in [1.29, 1.82) is 0 Å². The van der Waals surface area contributed by atoms with Gasteiger partial charge in [-0.05, 0) is 64.4 Å². The van der Waals surface area contributed by atoms with E-state index >= 15 is 0 Å². The van der Waals surface area contributed by atoms with Gasteiger partial charge in [-0.2, -0.15) is 0 Å². The smallest absolute Gasteiger partial charge is 0.400 e. The monoisotopic (exact) mass is 330 g/mol. The number of allylic oxidation sites excluding steroid dienone is 2. The number of alkyl halides is 1. The van der Waals surface area contributed by atoms with Gasteiger partial charge in [-0.25, -0.2) is 0 Å². The van der Waals surface area contributed by atoms with Crippen LogP contribution in [-0.2, 0) is 15.7 Å². The van der Waals surface area contributed by atoms with E-state index < -0.39 is 0 Å². The van der Waals surface area contributed by atoms with Crippen LogP contribution >= 0.6 is 0 Å². The average molecular weight is 330 g/mol. The van der Waals surface area contributed by atoms with Gasteiger partial charge >= 0.3 is 7.12 Å². The molecule has 130 valence electrons.